The van der Waals surface area contributed by atoms with Crippen LogP contribution in [0.15, 0.2) is 40.8 Å². The Morgan fingerprint density at radius 3 is 2.96 bits per heavy atom. The average molecular weight is 363 g/mol. The van der Waals surface area contributed by atoms with Gasteiger partial charge in [-0.25, -0.2) is 0 Å². The van der Waals surface area contributed by atoms with E-state index in [1.807, 2.05) is 18.2 Å². The highest BCUT2D eigenvalue weighted by atomic mass is 35.5. The molecule has 25 heavy (non-hydrogen) atoms. The maximum absolute atomic E-state index is 12.2. The van der Waals surface area contributed by atoms with Gasteiger partial charge in [-0.15, -0.1) is 0 Å². The van der Waals surface area contributed by atoms with Gasteiger partial charge >= 0.3 is 0 Å². The van der Waals surface area contributed by atoms with Crippen LogP contribution in [0.25, 0.3) is 11.3 Å². The fraction of sp³-hybridized carbons (Fsp3) is 0.421. The van der Waals surface area contributed by atoms with Gasteiger partial charge in [-0.3, -0.25) is 4.79 Å². The number of nitrogens with one attached hydrogen (secondary N) is 1. The number of furan rings is 1. The van der Waals surface area contributed by atoms with Crippen molar-refractivity contribution in [3.63, 3.8) is 0 Å². The zero-order valence-corrected chi connectivity index (χ0v) is 14.8. The normalized spacial score (nSPS) is 18.2. The van der Waals surface area contributed by atoms with E-state index < -0.39 is 0 Å². The number of aliphatic hydroxyl groups excluding tert-OH is 1. The van der Waals surface area contributed by atoms with Crippen molar-refractivity contribution < 1.29 is 14.3 Å². The molecule has 1 aromatic carbocycles. The number of carbonyl (C=O) groups excluding carboxylic acids is 1. The molecule has 0 spiro atoms. The minimum atomic E-state index is -0.228. The number of halogens is 1. The van der Waals surface area contributed by atoms with E-state index in [1.165, 1.54) is 0 Å². The van der Waals surface area contributed by atoms with Crippen molar-refractivity contribution in [2.24, 2.45) is 5.92 Å². The predicted octanol–water partition coefficient (Wildman–Crippen LogP) is 3.03. The lowest BCUT2D eigenvalue weighted by molar-refractivity contribution is 0.0905. The van der Waals surface area contributed by atoms with Crippen LogP contribution in [-0.4, -0.2) is 48.7 Å². The average Bonchev–Trinajstić information content (AvgIpc) is 3.12. The summed E-state index contributed by atoms with van der Waals surface area (Å²) >= 11 is 6.16. The number of benzene rings is 1. The van der Waals surface area contributed by atoms with Crippen molar-refractivity contribution in [1.82, 2.24) is 10.2 Å². The van der Waals surface area contributed by atoms with Gasteiger partial charge in [0, 0.05) is 31.8 Å². The topological polar surface area (TPSA) is 65.7 Å². The molecule has 3 rings (SSSR count). The summed E-state index contributed by atoms with van der Waals surface area (Å²) in [6.45, 7) is 3.48. The maximum atomic E-state index is 12.2. The third kappa shape index (κ3) is 4.63. The molecule has 0 saturated carbocycles. The predicted molar refractivity (Wildman–Crippen MR) is 97.7 cm³/mol. The molecular weight excluding hydrogens is 340 g/mol. The number of likely N-dealkylation sites (tertiary alicyclic amines) is 1. The third-order valence-corrected chi connectivity index (χ3v) is 4.87. The highest BCUT2D eigenvalue weighted by Gasteiger charge is 2.19. The molecule has 5 nitrogen and oxygen atoms in total. The van der Waals surface area contributed by atoms with Crippen LogP contribution < -0.4 is 5.32 Å². The van der Waals surface area contributed by atoms with Crippen LogP contribution in [-0.2, 0) is 0 Å². The first-order valence-electron chi connectivity index (χ1n) is 8.63. The molecule has 2 heterocycles. The second-order valence-corrected chi connectivity index (χ2v) is 6.80. The zero-order valence-electron chi connectivity index (χ0n) is 14.1. The summed E-state index contributed by atoms with van der Waals surface area (Å²) in [4.78, 5) is 14.5. The van der Waals surface area contributed by atoms with E-state index in [-0.39, 0.29) is 18.3 Å². The molecule has 1 amide bonds. The van der Waals surface area contributed by atoms with E-state index in [9.17, 15) is 9.90 Å². The lowest BCUT2D eigenvalue weighted by Crippen LogP contribution is -2.41. The summed E-state index contributed by atoms with van der Waals surface area (Å²) in [5.41, 5.74) is 0.770. The lowest BCUT2D eigenvalue weighted by Gasteiger charge is -2.31. The van der Waals surface area contributed by atoms with Gasteiger partial charge < -0.3 is 19.7 Å². The van der Waals surface area contributed by atoms with Crippen LogP contribution in [0.4, 0.5) is 0 Å². The summed E-state index contributed by atoms with van der Waals surface area (Å²) in [5, 5.41) is 12.7. The van der Waals surface area contributed by atoms with Gasteiger partial charge in [0.25, 0.3) is 5.91 Å². The van der Waals surface area contributed by atoms with E-state index in [2.05, 4.69) is 10.2 Å². The molecule has 134 valence electrons. The third-order valence-electron chi connectivity index (χ3n) is 4.54. The van der Waals surface area contributed by atoms with E-state index >= 15 is 0 Å². The summed E-state index contributed by atoms with van der Waals surface area (Å²) in [6, 6.07) is 10.8. The quantitative estimate of drug-likeness (QED) is 0.829. The Morgan fingerprint density at radius 1 is 1.32 bits per heavy atom. The second kappa shape index (κ2) is 8.52. The standard InChI is InChI=1S/C19H23ClN2O3/c20-16-6-2-1-5-15(16)17-7-8-18(25-17)19(24)21-9-11-22-10-3-4-14(12-22)13-23/h1-2,5-8,14,23H,3-4,9-13H2,(H,21,24)/t14-/m0/s1. The Labute approximate surface area is 152 Å². The summed E-state index contributed by atoms with van der Waals surface area (Å²) in [5.74, 6) is 0.987. The number of aliphatic hydroxyl groups is 1. The molecule has 1 fully saturated rings. The number of carbonyl (C=O) groups is 1. The largest absolute Gasteiger partial charge is 0.451 e. The van der Waals surface area contributed by atoms with E-state index in [4.69, 9.17) is 16.0 Å². The molecule has 1 aliphatic heterocycles. The minimum absolute atomic E-state index is 0.228. The summed E-state index contributed by atoms with van der Waals surface area (Å²) < 4.78 is 5.65. The molecule has 0 unspecified atom stereocenters. The minimum Gasteiger partial charge on any atom is -0.451 e. The first-order valence-corrected chi connectivity index (χ1v) is 9.01. The number of hydrogen-bond donors (Lipinski definition) is 2. The van der Waals surface area contributed by atoms with Crippen LogP contribution >= 0.6 is 11.6 Å². The molecule has 0 radical (unpaired) electrons. The van der Waals surface area contributed by atoms with Crippen LogP contribution in [0.2, 0.25) is 5.02 Å². The Hall–Kier alpha value is -1.82. The Bertz CT molecular complexity index is 716. The molecule has 6 heteroatoms. The summed E-state index contributed by atoms with van der Waals surface area (Å²) in [6.07, 6.45) is 2.18. The van der Waals surface area contributed by atoms with Crippen molar-refractivity contribution in [3.05, 3.63) is 47.2 Å². The van der Waals surface area contributed by atoms with E-state index in [1.54, 1.807) is 18.2 Å². The van der Waals surface area contributed by atoms with Gasteiger partial charge in [-0.05, 0) is 49.6 Å². The number of hydrogen-bond acceptors (Lipinski definition) is 4. The van der Waals surface area contributed by atoms with Crippen LogP contribution in [0.5, 0.6) is 0 Å². The fourth-order valence-corrected chi connectivity index (χ4v) is 3.41. The maximum Gasteiger partial charge on any atom is 0.287 e. The number of amides is 1. The highest BCUT2D eigenvalue weighted by molar-refractivity contribution is 6.33. The van der Waals surface area contributed by atoms with E-state index in [0.717, 1.165) is 38.0 Å². The first-order chi connectivity index (χ1) is 12.2. The van der Waals surface area contributed by atoms with Gasteiger partial charge in [0.15, 0.2) is 5.76 Å². The van der Waals surface area contributed by atoms with Crippen LogP contribution in [0.3, 0.4) is 0 Å². The molecule has 1 saturated heterocycles. The van der Waals surface area contributed by atoms with Crippen LogP contribution in [0, 0.1) is 5.92 Å². The highest BCUT2D eigenvalue weighted by Crippen LogP contribution is 2.28. The first kappa shape index (κ1) is 18.0. The number of nitrogens with zero attached hydrogens (tertiary/aromatic N) is 1. The summed E-state index contributed by atoms with van der Waals surface area (Å²) in [7, 11) is 0. The van der Waals surface area contributed by atoms with Crippen molar-refractivity contribution >= 4 is 17.5 Å². The second-order valence-electron chi connectivity index (χ2n) is 6.39. The smallest absolute Gasteiger partial charge is 0.287 e. The molecule has 1 atom stereocenters. The van der Waals surface area contributed by atoms with Crippen molar-refractivity contribution in [1.29, 1.82) is 0 Å². The Kier molecular flexibility index (Phi) is 6.13. The molecule has 1 aliphatic rings. The molecule has 0 bridgehead atoms. The monoisotopic (exact) mass is 362 g/mol. The molecular formula is C19H23ClN2O3. The SMILES string of the molecule is O=C(NCCN1CCC[C@H](CO)C1)c1ccc(-c2ccccc2Cl)o1. The van der Waals surface area contributed by atoms with Gasteiger partial charge in [0.05, 0.1) is 5.02 Å². The van der Waals surface area contributed by atoms with Gasteiger partial charge in [0.1, 0.15) is 5.76 Å². The zero-order chi connectivity index (χ0) is 17.6. The van der Waals surface area contributed by atoms with Gasteiger partial charge in [-0.1, -0.05) is 23.7 Å². The Morgan fingerprint density at radius 2 is 2.16 bits per heavy atom. The van der Waals surface area contributed by atoms with Crippen molar-refractivity contribution in [3.8, 4) is 11.3 Å². The Balaban J connectivity index is 1.51. The molecule has 1 aromatic heterocycles. The lowest BCUT2D eigenvalue weighted by atomic mass is 9.99. The number of rotatable bonds is 6. The van der Waals surface area contributed by atoms with Gasteiger partial charge in [0.2, 0.25) is 0 Å². The molecule has 2 N–H and O–H groups in total. The molecule has 2 aromatic rings. The number of piperidine rings is 1. The van der Waals surface area contributed by atoms with Crippen molar-refractivity contribution in [2.45, 2.75) is 12.8 Å². The van der Waals surface area contributed by atoms with Crippen LogP contribution in [0.1, 0.15) is 23.4 Å². The van der Waals surface area contributed by atoms with Gasteiger partial charge in [-0.2, -0.15) is 0 Å². The molecule has 0 aliphatic carbocycles. The van der Waals surface area contributed by atoms with E-state index in [0.29, 0.717) is 23.2 Å². The van der Waals surface area contributed by atoms with Crippen molar-refractivity contribution in [2.75, 3.05) is 32.8 Å². The fourth-order valence-electron chi connectivity index (χ4n) is 3.18.